The van der Waals surface area contributed by atoms with Gasteiger partial charge in [0.1, 0.15) is 0 Å². The first-order valence-corrected chi connectivity index (χ1v) is 4.41. The smallest absolute Gasteiger partial charge is 0.0313 e. The number of rotatable bonds is 5. The topological polar surface area (TPSA) is 64.1 Å². The van der Waals surface area contributed by atoms with Crippen molar-refractivity contribution < 1.29 is 0 Å². The summed E-state index contributed by atoms with van der Waals surface area (Å²) in [6, 6.07) is 0.337. The normalized spacial score (nSPS) is 16.8. The van der Waals surface area contributed by atoms with Crippen molar-refractivity contribution in [2.24, 2.45) is 11.5 Å². The van der Waals surface area contributed by atoms with Crippen molar-refractivity contribution in [3.05, 3.63) is 0 Å². The molecule has 0 radical (unpaired) electrons. The molecule has 0 bridgehead atoms. The third-order valence-corrected chi connectivity index (χ3v) is 2.00. The van der Waals surface area contributed by atoms with Crippen LogP contribution in [0.2, 0.25) is 0 Å². The van der Waals surface area contributed by atoms with Crippen LogP contribution in [0.25, 0.3) is 0 Å². The summed E-state index contributed by atoms with van der Waals surface area (Å²) >= 11 is 3.45. The van der Waals surface area contributed by atoms with Crippen molar-refractivity contribution in [3.8, 4) is 0 Å². The molecule has 0 aliphatic carbocycles. The number of hydrogen-bond acceptors (Lipinski definition) is 3. The fourth-order valence-electron chi connectivity index (χ4n) is 0.702. The third-order valence-electron chi connectivity index (χ3n) is 1.36. The molecular formula is C6H16BrN3. The van der Waals surface area contributed by atoms with Gasteiger partial charge in [0.2, 0.25) is 0 Å². The minimum absolute atomic E-state index is 0.337. The van der Waals surface area contributed by atoms with Gasteiger partial charge in [-0.3, -0.25) is 0 Å². The Morgan fingerprint density at radius 3 is 2.40 bits per heavy atom. The Morgan fingerprint density at radius 2 is 2.10 bits per heavy atom. The second kappa shape index (κ2) is 6.09. The van der Waals surface area contributed by atoms with Gasteiger partial charge in [-0.1, -0.05) is 22.9 Å². The average Bonchev–Trinajstić information content (AvgIpc) is 1.89. The molecule has 5 N–H and O–H groups in total. The Kier molecular flexibility index (Phi) is 6.31. The van der Waals surface area contributed by atoms with Gasteiger partial charge in [-0.2, -0.15) is 0 Å². The molecule has 0 aromatic rings. The third kappa shape index (κ3) is 4.22. The van der Waals surface area contributed by atoms with E-state index in [9.17, 15) is 0 Å². The molecule has 0 saturated heterocycles. The molecule has 4 heteroatoms. The Labute approximate surface area is 70.7 Å². The van der Waals surface area contributed by atoms with Crippen LogP contribution in [0.3, 0.4) is 0 Å². The summed E-state index contributed by atoms with van der Waals surface area (Å²) in [7, 11) is 0. The molecule has 2 unspecified atom stereocenters. The maximum absolute atomic E-state index is 5.48. The van der Waals surface area contributed by atoms with E-state index in [0.717, 1.165) is 6.54 Å². The van der Waals surface area contributed by atoms with Crippen molar-refractivity contribution >= 4 is 15.9 Å². The molecule has 0 aliphatic rings. The Balaban J connectivity index is 3.40. The number of halogens is 1. The number of alkyl halides is 1. The molecule has 0 aromatic heterocycles. The molecule has 62 valence electrons. The fourth-order valence-corrected chi connectivity index (χ4v) is 1.10. The predicted molar refractivity (Wildman–Crippen MR) is 48.3 cm³/mol. The SMILES string of the molecule is CC(Br)C(CN)NCCN. The van der Waals surface area contributed by atoms with Gasteiger partial charge in [0.05, 0.1) is 0 Å². The van der Waals surface area contributed by atoms with Gasteiger partial charge in [-0.15, -0.1) is 0 Å². The van der Waals surface area contributed by atoms with Gasteiger partial charge < -0.3 is 16.8 Å². The van der Waals surface area contributed by atoms with Crippen LogP contribution < -0.4 is 16.8 Å². The second-order valence-corrected chi connectivity index (χ2v) is 3.71. The van der Waals surface area contributed by atoms with Crippen LogP contribution in [-0.2, 0) is 0 Å². The highest BCUT2D eigenvalue weighted by atomic mass is 79.9. The summed E-state index contributed by atoms with van der Waals surface area (Å²) in [5, 5.41) is 3.22. The van der Waals surface area contributed by atoms with E-state index in [1.54, 1.807) is 0 Å². The van der Waals surface area contributed by atoms with Crippen LogP contribution in [-0.4, -0.2) is 30.5 Å². The van der Waals surface area contributed by atoms with E-state index >= 15 is 0 Å². The van der Waals surface area contributed by atoms with E-state index < -0.39 is 0 Å². The minimum atomic E-state index is 0.337. The van der Waals surface area contributed by atoms with Gasteiger partial charge in [-0.25, -0.2) is 0 Å². The van der Waals surface area contributed by atoms with Crippen LogP contribution in [0.4, 0.5) is 0 Å². The monoisotopic (exact) mass is 209 g/mol. The molecule has 0 aliphatic heterocycles. The Morgan fingerprint density at radius 1 is 1.50 bits per heavy atom. The van der Waals surface area contributed by atoms with Crippen LogP contribution in [0.15, 0.2) is 0 Å². The standard InChI is InChI=1S/C6H16BrN3/c1-5(7)6(4-9)10-3-2-8/h5-6,10H,2-4,8-9H2,1H3. The van der Waals surface area contributed by atoms with E-state index in [1.165, 1.54) is 0 Å². The summed E-state index contributed by atoms with van der Waals surface area (Å²) in [6.45, 7) is 4.21. The number of nitrogens with two attached hydrogens (primary N) is 2. The van der Waals surface area contributed by atoms with Gasteiger partial charge in [0.25, 0.3) is 0 Å². The Bertz CT molecular complexity index is 77.4. The highest BCUT2D eigenvalue weighted by Crippen LogP contribution is 2.01. The van der Waals surface area contributed by atoms with E-state index in [1.807, 2.05) is 0 Å². The fraction of sp³-hybridized carbons (Fsp3) is 1.00. The lowest BCUT2D eigenvalue weighted by molar-refractivity contribution is 0.526. The van der Waals surface area contributed by atoms with Crippen molar-refractivity contribution in [1.29, 1.82) is 0 Å². The lowest BCUT2D eigenvalue weighted by Crippen LogP contribution is -2.43. The number of hydrogen-bond donors (Lipinski definition) is 3. The summed E-state index contributed by atoms with van der Waals surface area (Å²) in [4.78, 5) is 0.407. The van der Waals surface area contributed by atoms with Crippen molar-refractivity contribution in [1.82, 2.24) is 5.32 Å². The van der Waals surface area contributed by atoms with E-state index in [0.29, 0.717) is 24.0 Å². The van der Waals surface area contributed by atoms with E-state index in [4.69, 9.17) is 11.5 Å². The summed E-state index contributed by atoms with van der Waals surface area (Å²) in [5.74, 6) is 0. The zero-order valence-electron chi connectivity index (χ0n) is 6.31. The predicted octanol–water partition coefficient (Wildman–Crippen LogP) is -0.355. The Hall–Kier alpha value is 0.360. The highest BCUT2D eigenvalue weighted by molar-refractivity contribution is 9.09. The molecule has 10 heavy (non-hydrogen) atoms. The molecule has 3 nitrogen and oxygen atoms in total. The van der Waals surface area contributed by atoms with Crippen molar-refractivity contribution in [2.75, 3.05) is 19.6 Å². The quantitative estimate of drug-likeness (QED) is 0.543. The highest BCUT2D eigenvalue weighted by Gasteiger charge is 2.09. The molecular weight excluding hydrogens is 194 g/mol. The number of nitrogens with one attached hydrogen (secondary N) is 1. The van der Waals surface area contributed by atoms with Crippen molar-refractivity contribution in [3.63, 3.8) is 0 Å². The average molecular weight is 210 g/mol. The minimum Gasteiger partial charge on any atom is -0.329 e. The van der Waals surface area contributed by atoms with Gasteiger partial charge in [-0.05, 0) is 0 Å². The van der Waals surface area contributed by atoms with Gasteiger partial charge in [0.15, 0.2) is 0 Å². The summed E-state index contributed by atoms with van der Waals surface area (Å²) in [5.41, 5.74) is 10.8. The van der Waals surface area contributed by atoms with Crippen LogP contribution in [0.5, 0.6) is 0 Å². The lowest BCUT2D eigenvalue weighted by Gasteiger charge is -2.18. The molecule has 0 rings (SSSR count). The molecule has 0 amide bonds. The first-order valence-electron chi connectivity index (χ1n) is 3.50. The molecule has 0 saturated carbocycles. The maximum Gasteiger partial charge on any atom is 0.0313 e. The lowest BCUT2D eigenvalue weighted by atomic mass is 10.2. The van der Waals surface area contributed by atoms with Crippen LogP contribution in [0.1, 0.15) is 6.92 Å². The van der Waals surface area contributed by atoms with Gasteiger partial charge in [0, 0.05) is 30.5 Å². The molecule has 0 aromatic carbocycles. The molecule has 2 atom stereocenters. The maximum atomic E-state index is 5.48. The summed E-state index contributed by atoms with van der Waals surface area (Å²) in [6.07, 6.45) is 0. The van der Waals surface area contributed by atoms with Crippen LogP contribution >= 0.6 is 15.9 Å². The summed E-state index contributed by atoms with van der Waals surface area (Å²) < 4.78 is 0. The first kappa shape index (κ1) is 10.4. The first-order chi connectivity index (χ1) is 4.72. The second-order valence-electron chi connectivity index (χ2n) is 2.26. The molecule has 0 fully saturated rings. The van der Waals surface area contributed by atoms with E-state index in [-0.39, 0.29) is 0 Å². The largest absolute Gasteiger partial charge is 0.329 e. The zero-order valence-corrected chi connectivity index (χ0v) is 7.89. The van der Waals surface area contributed by atoms with Gasteiger partial charge >= 0.3 is 0 Å². The van der Waals surface area contributed by atoms with Crippen LogP contribution in [0, 0.1) is 0 Å². The molecule has 0 heterocycles. The van der Waals surface area contributed by atoms with Crippen molar-refractivity contribution in [2.45, 2.75) is 17.8 Å². The zero-order chi connectivity index (χ0) is 7.98. The van der Waals surface area contributed by atoms with E-state index in [2.05, 4.69) is 28.2 Å². The molecule has 0 spiro atoms.